The molecule has 8 heteroatoms. The van der Waals surface area contributed by atoms with E-state index >= 15 is 0 Å². The van der Waals surface area contributed by atoms with Gasteiger partial charge in [-0.1, -0.05) is 55.5 Å². The van der Waals surface area contributed by atoms with E-state index in [1.54, 1.807) is 6.92 Å². The van der Waals surface area contributed by atoms with Crippen LogP contribution < -0.4 is 10.6 Å². The van der Waals surface area contributed by atoms with Crippen LogP contribution in [0.1, 0.15) is 37.3 Å². The zero-order valence-electron chi connectivity index (χ0n) is 18.1. The van der Waals surface area contributed by atoms with Gasteiger partial charge in [-0.3, -0.25) is 4.79 Å². The Morgan fingerprint density at radius 3 is 2.09 bits per heavy atom. The van der Waals surface area contributed by atoms with Crippen LogP contribution in [-0.2, 0) is 14.3 Å². The Balaban J connectivity index is 1.47. The molecule has 0 saturated carbocycles. The van der Waals surface area contributed by atoms with Crippen molar-refractivity contribution in [3.63, 3.8) is 0 Å². The average molecular weight is 440 g/mol. The molecule has 0 spiro atoms. The second-order valence-electron chi connectivity index (χ2n) is 8.01. The van der Waals surface area contributed by atoms with Gasteiger partial charge in [0.05, 0.1) is 6.10 Å². The van der Waals surface area contributed by atoms with E-state index in [0.29, 0.717) is 6.42 Å². The van der Waals surface area contributed by atoms with Gasteiger partial charge in [-0.2, -0.15) is 0 Å². The van der Waals surface area contributed by atoms with E-state index in [2.05, 4.69) is 22.8 Å². The number of aliphatic hydroxyl groups excluding tert-OH is 1. The summed E-state index contributed by atoms with van der Waals surface area (Å²) in [5.74, 6) is -2.40. The molecule has 2 aromatic rings. The summed E-state index contributed by atoms with van der Waals surface area (Å²) in [4.78, 5) is 35.4. The highest BCUT2D eigenvalue weighted by Crippen LogP contribution is 2.44. The van der Waals surface area contributed by atoms with Gasteiger partial charge in [-0.05, 0) is 35.6 Å². The lowest BCUT2D eigenvalue weighted by Crippen LogP contribution is -2.49. The molecule has 0 radical (unpaired) electrons. The van der Waals surface area contributed by atoms with Gasteiger partial charge in [0.25, 0.3) is 0 Å². The number of hydrogen-bond donors (Lipinski definition) is 4. The van der Waals surface area contributed by atoms with Gasteiger partial charge >= 0.3 is 12.1 Å². The molecule has 0 saturated heterocycles. The lowest BCUT2D eigenvalue weighted by atomic mass is 9.98. The summed E-state index contributed by atoms with van der Waals surface area (Å²) in [5.41, 5.74) is 4.54. The summed E-state index contributed by atoms with van der Waals surface area (Å²) in [6.45, 7) is 3.31. The van der Waals surface area contributed by atoms with Crippen LogP contribution in [0.2, 0.25) is 0 Å². The Hall–Kier alpha value is -3.39. The second-order valence-corrected chi connectivity index (χ2v) is 8.01. The number of carbonyl (C=O) groups is 3. The van der Waals surface area contributed by atoms with Crippen molar-refractivity contribution in [2.45, 2.75) is 38.3 Å². The van der Waals surface area contributed by atoms with Crippen molar-refractivity contribution >= 4 is 18.0 Å². The molecule has 0 fully saturated rings. The molecule has 170 valence electrons. The Labute approximate surface area is 186 Å². The van der Waals surface area contributed by atoms with Crippen molar-refractivity contribution in [1.29, 1.82) is 0 Å². The van der Waals surface area contributed by atoms with Crippen LogP contribution in [0.25, 0.3) is 11.1 Å². The second kappa shape index (κ2) is 10.3. The lowest BCUT2D eigenvalue weighted by Gasteiger charge is -2.20. The minimum atomic E-state index is -1.37. The van der Waals surface area contributed by atoms with Gasteiger partial charge in [0, 0.05) is 18.4 Å². The summed E-state index contributed by atoms with van der Waals surface area (Å²) in [6.07, 6.45) is -1.50. The minimum Gasteiger partial charge on any atom is -0.480 e. The monoisotopic (exact) mass is 440 g/mol. The first-order valence-electron chi connectivity index (χ1n) is 10.6. The maximum atomic E-state index is 12.2. The number of amides is 2. The van der Waals surface area contributed by atoms with Gasteiger partial charge in [0.15, 0.2) is 6.04 Å². The highest BCUT2D eigenvalue weighted by atomic mass is 16.5. The lowest BCUT2D eigenvalue weighted by molar-refractivity contribution is -0.145. The number of hydrogen-bond acceptors (Lipinski definition) is 5. The van der Waals surface area contributed by atoms with Crippen LogP contribution in [0, 0.1) is 5.92 Å². The van der Waals surface area contributed by atoms with E-state index in [-0.39, 0.29) is 19.1 Å². The average Bonchev–Trinajstić information content (AvgIpc) is 3.09. The molecule has 32 heavy (non-hydrogen) atoms. The SMILES string of the molecule is CC(CCNC(=O)OCC1c2ccccc2-c2ccccc21)C(=O)N[C@H](C(=O)O)[C@@H](C)O. The number of rotatable bonds is 9. The third-order valence-corrected chi connectivity index (χ3v) is 5.68. The summed E-state index contributed by atoms with van der Waals surface area (Å²) < 4.78 is 5.45. The van der Waals surface area contributed by atoms with Crippen molar-refractivity contribution in [3.8, 4) is 11.1 Å². The molecule has 0 bridgehead atoms. The van der Waals surface area contributed by atoms with Gasteiger partial charge in [-0.15, -0.1) is 0 Å². The number of aliphatic carboxylic acids is 1. The first-order valence-corrected chi connectivity index (χ1v) is 10.6. The van der Waals surface area contributed by atoms with Crippen LogP contribution in [-0.4, -0.2) is 53.5 Å². The number of carbonyl (C=O) groups excluding carboxylic acids is 2. The van der Waals surface area contributed by atoms with Gasteiger partial charge < -0.3 is 25.6 Å². The molecular weight excluding hydrogens is 412 g/mol. The maximum absolute atomic E-state index is 12.2. The third-order valence-electron chi connectivity index (χ3n) is 5.68. The van der Waals surface area contributed by atoms with Crippen LogP contribution in [0.5, 0.6) is 0 Å². The molecule has 0 aliphatic heterocycles. The largest absolute Gasteiger partial charge is 0.480 e. The molecule has 2 amide bonds. The molecule has 1 unspecified atom stereocenters. The van der Waals surface area contributed by atoms with Crippen LogP contribution in [0.3, 0.4) is 0 Å². The molecule has 1 aliphatic carbocycles. The molecule has 3 rings (SSSR count). The topological polar surface area (TPSA) is 125 Å². The molecular formula is C24H28N2O6. The molecule has 8 nitrogen and oxygen atoms in total. The first-order chi connectivity index (χ1) is 15.3. The van der Waals surface area contributed by atoms with E-state index in [1.807, 2.05) is 36.4 Å². The fraction of sp³-hybridized carbons (Fsp3) is 0.375. The van der Waals surface area contributed by atoms with E-state index < -0.39 is 36.0 Å². The number of alkyl carbamates (subject to hydrolysis) is 1. The zero-order chi connectivity index (χ0) is 23.3. The molecule has 0 heterocycles. The highest BCUT2D eigenvalue weighted by Gasteiger charge is 2.29. The number of benzene rings is 2. The minimum absolute atomic E-state index is 0.0359. The smallest absolute Gasteiger partial charge is 0.407 e. The predicted molar refractivity (Wildman–Crippen MR) is 118 cm³/mol. The van der Waals surface area contributed by atoms with Gasteiger partial charge in [0.2, 0.25) is 5.91 Å². The number of carboxylic acid groups (broad SMARTS) is 1. The molecule has 4 N–H and O–H groups in total. The molecule has 1 aliphatic rings. The standard InChI is InChI=1S/C24H28N2O6/c1-14(22(28)26-21(15(2)27)23(29)30)11-12-25-24(31)32-13-20-18-9-5-3-7-16(18)17-8-4-6-10-19(17)20/h3-10,14-15,20-21,27H,11-13H2,1-2H3,(H,25,31)(H,26,28)(H,29,30)/t14?,15-,21+/m1/s1. The van der Waals surface area contributed by atoms with Crippen molar-refractivity contribution in [1.82, 2.24) is 10.6 Å². The van der Waals surface area contributed by atoms with Crippen molar-refractivity contribution in [2.75, 3.05) is 13.2 Å². The van der Waals surface area contributed by atoms with E-state index in [1.165, 1.54) is 6.92 Å². The quantitative estimate of drug-likeness (QED) is 0.475. The Morgan fingerprint density at radius 2 is 1.56 bits per heavy atom. The van der Waals surface area contributed by atoms with Crippen LogP contribution >= 0.6 is 0 Å². The number of ether oxygens (including phenoxy) is 1. The summed E-state index contributed by atoms with van der Waals surface area (Å²) in [5, 5.41) is 23.4. The Bertz CT molecular complexity index is 944. The zero-order valence-corrected chi connectivity index (χ0v) is 18.1. The van der Waals surface area contributed by atoms with Crippen molar-refractivity contribution < 1.29 is 29.3 Å². The van der Waals surface area contributed by atoms with Crippen molar-refractivity contribution in [2.24, 2.45) is 5.92 Å². The number of carboxylic acids is 1. The molecule has 0 aromatic heterocycles. The van der Waals surface area contributed by atoms with Gasteiger partial charge in [-0.25, -0.2) is 9.59 Å². The predicted octanol–water partition coefficient (Wildman–Crippen LogP) is 2.50. The summed E-state index contributed by atoms with van der Waals surface area (Å²) in [7, 11) is 0. The van der Waals surface area contributed by atoms with Crippen LogP contribution in [0.15, 0.2) is 48.5 Å². The normalized spacial score (nSPS) is 15.1. The summed E-state index contributed by atoms with van der Waals surface area (Å²) in [6, 6.07) is 14.7. The van der Waals surface area contributed by atoms with Crippen molar-refractivity contribution in [3.05, 3.63) is 59.7 Å². The Morgan fingerprint density at radius 1 is 1.00 bits per heavy atom. The highest BCUT2D eigenvalue weighted by molar-refractivity contribution is 5.85. The van der Waals surface area contributed by atoms with E-state index in [0.717, 1.165) is 22.3 Å². The molecule has 3 atom stereocenters. The fourth-order valence-electron chi connectivity index (χ4n) is 3.86. The third kappa shape index (κ3) is 5.26. The van der Waals surface area contributed by atoms with Crippen LogP contribution in [0.4, 0.5) is 4.79 Å². The number of fused-ring (bicyclic) bond motifs is 3. The van der Waals surface area contributed by atoms with Gasteiger partial charge in [0.1, 0.15) is 6.61 Å². The fourth-order valence-corrected chi connectivity index (χ4v) is 3.86. The Kier molecular flexibility index (Phi) is 7.48. The maximum Gasteiger partial charge on any atom is 0.407 e. The van der Waals surface area contributed by atoms with E-state index in [9.17, 15) is 19.5 Å². The van der Waals surface area contributed by atoms with E-state index in [4.69, 9.17) is 9.84 Å². The number of aliphatic hydroxyl groups is 1. The number of nitrogens with one attached hydrogen (secondary N) is 2. The molecule has 2 aromatic carbocycles. The first kappa shape index (κ1) is 23.3. The summed E-state index contributed by atoms with van der Waals surface area (Å²) >= 11 is 0.